The van der Waals surface area contributed by atoms with Crippen LogP contribution in [0.25, 0.3) is 10.9 Å². The predicted octanol–water partition coefficient (Wildman–Crippen LogP) is 3.73. The lowest BCUT2D eigenvalue weighted by Gasteiger charge is -2.29. The van der Waals surface area contributed by atoms with Gasteiger partial charge < -0.3 is 14.8 Å². The monoisotopic (exact) mass is 535 g/mol. The summed E-state index contributed by atoms with van der Waals surface area (Å²) in [5.41, 5.74) is 2.67. The third-order valence-electron chi connectivity index (χ3n) is 5.81. The molecule has 12 heteroatoms. The van der Waals surface area contributed by atoms with E-state index in [0.29, 0.717) is 54.1 Å². The lowest BCUT2D eigenvalue weighted by atomic mass is 9.93. The molecule has 1 fully saturated rings. The van der Waals surface area contributed by atoms with Crippen molar-refractivity contribution in [2.75, 3.05) is 22.6 Å². The Labute approximate surface area is 211 Å². The van der Waals surface area contributed by atoms with Crippen LogP contribution in [0.5, 0.6) is 5.75 Å². The van der Waals surface area contributed by atoms with Crippen LogP contribution in [0.1, 0.15) is 31.2 Å². The van der Waals surface area contributed by atoms with Crippen LogP contribution in [-0.4, -0.2) is 53.1 Å². The van der Waals surface area contributed by atoms with Crippen LogP contribution in [0.15, 0.2) is 36.7 Å². The topological polar surface area (TPSA) is 122 Å². The van der Waals surface area contributed by atoms with Crippen molar-refractivity contribution in [1.29, 1.82) is 0 Å². The molecule has 0 radical (unpaired) electrons. The van der Waals surface area contributed by atoms with E-state index in [2.05, 4.69) is 30.6 Å². The summed E-state index contributed by atoms with van der Waals surface area (Å²) in [6.07, 6.45) is 6.47. The predicted molar refractivity (Wildman–Crippen MR) is 143 cm³/mol. The molecule has 0 aliphatic heterocycles. The number of anilines is 3. The van der Waals surface area contributed by atoms with Crippen molar-refractivity contribution in [1.82, 2.24) is 14.7 Å². The van der Waals surface area contributed by atoms with E-state index in [1.165, 1.54) is 24.7 Å². The van der Waals surface area contributed by atoms with Crippen molar-refractivity contribution < 1.29 is 21.8 Å². The molecule has 1 heterocycles. The summed E-state index contributed by atoms with van der Waals surface area (Å²) in [6, 6.07) is 7.75. The number of nitrogens with zero attached hydrogens (tertiary/aromatic N) is 2. The quantitative estimate of drug-likeness (QED) is 0.376. The Kier molecular flexibility index (Phi) is 7.39. The second kappa shape index (κ2) is 10.2. The Hall–Kier alpha value is -2.96. The number of aromatic nitrogens is 2. The first-order valence-electron chi connectivity index (χ1n) is 11.4. The van der Waals surface area contributed by atoms with Gasteiger partial charge in [-0.3, -0.25) is 0 Å². The fraction of sp³-hybridized carbons (Fsp3) is 0.375. The smallest absolute Gasteiger partial charge is 0.208 e. The van der Waals surface area contributed by atoms with Gasteiger partial charge in [0, 0.05) is 39.1 Å². The molecule has 4 rings (SSSR count). The lowest BCUT2D eigenvalue weighted by Crippen LogP contribution is -2.39. The molecular formula is C24H30FN5O4S2. The van der Waals surface area contributed by atoms with Gasteiger partial charge in [-0.25, -0.2) is 31.7 Å². The molecule has 194 valence electrons. The summed E-state index contributed by atoms with van der Waals surface area (Å²) < 4.78 is 60.9. The van der Waals surface area contributed by atoms with E-state index in [1.807, 2.05) is 13.0 Å². The first-order chi connectivity index (χ1) is 16.9. The molecule has 36 heavy (non-hydrogen) atoms. The van der Waals surface area contributed by atoms with Crippen LogP contribution in [0.4, 0.5) is 21.6 Å². The first kappa shape index (κ1) is 26.1. The minimum atomic E-state index is -3.26. The highest BCUT2D eigenvalue weighted by molar-refractivity contribution is 8.00. The Bertz CT molecular complexity index is 1490. The number of halogens is 1. The summed E-state index contributed by atoms with van der Waals surface area (Å²) in [6.45, 7) is 1.90. The Morgan fingerprint density at radius 2 is 1.78 bits per heavy atom. The van der Waals surface area contributed by atoms with Crippen molar-refractivity contribution in [3.8, 4) is 5.75 Å². The van der Waals surface area contributed by atoms with Gasteiger partial charge in [0.15, 0.2) is 0 Å². The number of nitrogens with one attached hydrogen (secondary N) is 3. The largest absolute Gasteiger partial charge is 0.488 e. The first-order valence-corrected chi connectivity index (χ1v) is 15.4. The molecule has 9 nitrogen and oxygen atoms in total. The van der Waals surface area contributed by atoms with E-state index in [0.717, 1.165) is 17.2 Å². The average Bonchev–Trinajstić information content (AvgIpc) is 2.74. The third-order valence-corrected chi connectivity index (χ3v) is 7.24. The molecule has 1 saturated carbocycles. The van der Waals surface area contributed by atoms with Crippen molar-refractivity contribution in [2.24, 2.45) is 0 Å². The molecular weight excluding hydrogens is 505 g/mol. The highest BCUT2D eigenvalue weighted by atomic mass is 32.2. The molecule has 1 aromatic heterocycles. The van der Waals surface area contributed by atoms with Gasteiger partial charge in [0.2, 0.25) is 10.0 Å². The number of sulfonamides is 1. The SMILES string of the molecule is C=S(C)(=O)Nc1cc(C)c2c(Nc3ccc(F)cc3OC3CCC(NS(C)(=O)=O)CC3)ncnc2c1. The summed E-state index contributed by atoms with van der Waals surface area (Å²) in [4.78, 5) is 8.75. The number of rotatable bonds is 8. The second-order valence-corrected chi connectivity index (χ2v) is 13.3. The number of hydrogen-bond acceptors (Lipinski definition) is 7. The third kappa shape index (κ3) is 6.83. The van der Waals surface area contributed by atoms with Gasteiger partial charge in [0.05, 0.1) is 23.6 Å². The van der Waals surface area contributed by atoms with Crippen molar-refractivity contribution in [3.63, 3.8) is 0 Å². The molecule has 0 bridgehead atoms. The minimum Gasteiger partial charge on any atom is -0.488 e. The van der Waals surface area contributed by atoms with E-state index < -0.39 is 25.5 Å². The maximum absolute atomic E-state index is 14.1. The van der Waals surface area contributed by atoms with Gasteiger partial charge in [0.25, 0.3) is 0 Å². The summed E-state index contributed by atoms with van der Waals surface area (Å²) in [5.74, 6) is 4.07. The molecule has 3 aromatic rings. The number of ether oxygens (including phenoxy) is 1. The van der Waals surface area contributed by atoms with Crippen LogP contribution in [-0.2, 0) is 19.7 Å². The Morgan fingerprint density at radius 1 is 1.06 bits per heavy atom. The molecule has 0 spiro atoms. The second-order valence-electron chi connectivity index (χ2n) is 9.26. The van der Waals surface area contributed by atoms with Crippen LogP contribution in [0.3, 0.4) is 0 Å². The molecule has 1 atom stereocenters. The zero-order chi connectivity index (χ0) is 26.1. The normalized spacial score (nSPS) is 20.0. The van der Waals surface area contributed by atoms with Crippen LogP contribution < -0.4 is 19.5 Å². The van der Waals surface area contributed by atoms with Gasteiger partial charge in [-0.2, -0.15) is 0 Å². The highest BCUT2D eigenvalue weighted by Crippen LogP contribution is 2.35. The fourth-order valence-corrected chi connectivity index (χ4v) is 5.86. The lowest BCUT2D eigenvalue weighted by molar-refractivity contribution is 0.144. The standard InChI is InChI=1S/C24H30FN5O4S2/c1-15-11-18(29-35(2,3)31)13-21-23(15)24(27-14-26-21)28-20-10-5-16(25)12-22(20)34-19-8-6-17(7-9-19)30-36(4,32)33/h5,10-14,17,19,30H,2,6-9H2,1,3-4H3,(H,29,31)(H,26,27,28). The van der Waals surface area contributed by atoms with Crippen molar-refractivity contribution in [2.45, 2.75) is 44.8 Å². The van der Waals surface area contributed by atoms with Gasteiger partial charge in [-0.05, 0) is 68.3 Å². The minimum absolute atomic E-state index is 0.121. The zero-order valence-corrected chi connectivity index (χ0v) is 22.0. The van der Waals surface area contributed by atoms with E-state index in [1.54, 1.807) is 12.1 Å². The van der Waals surface area contributed by atoms with Gasteiger partial charge in [0.1, 0.15) is 23.7 Å². The average molecular weight is 536 g/mol. The zero-order valence-electron chi connectivity index (χ0n) is 20.4. The molecule has 1 aliphatic carbocycles. The highest BCUT2D eigenvalue weighted by Gasteiger charge is 2.25. The fourth-order valence-electron chi connectivity index (χ4n) is 4.40. The maximum Gasteiger partial charge on any atom is 0.208 e. The molecule has 3 N–H and O–H groups in total. The molecule has 1 unspecified atom stereocenters. The summed E-state index contributed by atoms with van der Waals surface area (Å²) in [5, 5.41) is 4.02. The van der Waals surface area contributed by atoms with E-state index >= 15 is 0 Å². The van der Waals surface area contributed by atoms with Crippen molar-refractivity contribution >= 4 is 53.7 Å². The summed E-state index contributed by atoms with van der Waals surface area (Å²) >= 11 is 0. The van der Waals surface area contributed by atoms with Gasteiger partial charge in [-0.15, -0.1) is 0 Å². The van der Waals surface area contributed by atoms with Crippen LogP contribution in [0, 0.1) is 12.7 Å². The molecule has 0 saturated heterocycles. The molecule has 2 aromatic carbocycles. The Balaban J connectivity index is 1.57. The number of aryl methyl sites for hydroxylation is 1. The maximum atomic E-state index is 14.1. The van der Waals surface area contributed by atoms with Gasteiger partial charge in [-0.1, -0.05) is 0 Å². The van der Waals surface area contributed by atoms with E-state index in [-0.39, 0.29) is 12.1 Å². The van der Waals surface area contributed by atoms with Crippen molar-refractivity contribution in [3.05, 3.63) is 48.0 Å². The number of benzene rings is 2. The van der Waals surface area contributed by atoms with Crippen LogP contribution >= 0.6 is 0 Å². The van der Waals surface area contributed by atoms with Gasteiger partial charge >= 0.3 is 0 Å². The van der Waals surface area contributed by atoms with E-state index in [4.69, 9.17) is 4.74 Å². The molecule has 1 aliphatic rings. The van der Waals surface area contributed by atoms with Crippen LogP contribution in [0.2, 0.25) is 0 Å². The Morgan fingerprint density at radius 3 is 2.44 bits per heavy atom. The molecule has 0 amide bonds. The number of fused-ring (bicyclic) bond motifs is 1. The summed E-state index contributed by atoms with van der Waals surface area (Å²) in [7, 11) is -5.72. The van der Waals surface area contributed by atoms with E-state index in [9.17, 15) is 17.0 Å². The number of hydrogen-bond donors (Lipinski definition) is 3.